The van der Waals surface area contributed by atoms with Gasteiger partial charge in [0.15, 0.2) is 0 Å². The second kappa shape index (κ2) is 6.14. The maximum Gasteiger partial charge on any atom is 0.123 e. The second-order valence-corrected chi connectivity index (χ2v) is 4.12. The minimum Gasteiger partial charge on any atom is -0.313 e. The normalized spacial score (nSPS) is 10.5. The van der Waals surface area contributed by atoms with Crippen molar-refractivity contribution in [3.8, 4) is 0 Å². The first-order chi connectivity index (χ1) is 6.74. The van der Waals surface area contributed by atoms with Crippen LogP contribution in [-0.4, -0.2) is 6.54 Å². The molecule has 0 spiro atoms. The van der Waals surface area contributed by atoms with Gasteiger partial charge < -0.3 is 5.32 Å². The molecule has 78 valence electrons. The molecule has 1 aromatic rings. The summed E-state index contributed by atoms with van der Waals surface area (Å²) in [6.45, 7) is 3.86. The fourth-order valence-electron chi connectivity index (χ4n) is 1.20. The summed E-state index contributed by atoms with van der Waals surface area (Å²) in [5.74, 6) is -0.180. The molecule has 1 nitrogen and oxygen atoms in total. The topological polar surface area (TPSA) is 12.0 Å². The van der Waals surface area contributed by atoms with E-state index in [1.54, 1.807) is 12.1 Å². The summed E-state index contributed by atoms with van der Waals surface area (Å²) in [5, 5.41) is 3.27. The van der Waals surface area contributed by atoms with Crippen molar-refractivity contribution in [3.63, 3.8) is 0 Å². The van der Waals surface area contributed by atoms with Gasteiger partial charge in [0.1, 0.15) is 5.82 Å². The Morgan fingerprint density at radius 2 is 2.21 bits per heavy atom. The van der Waals surface area contributed by atoms with E-state index in [0.717, 1.165) is 29.5 Å². The van der Waals surface area contributed by atoms with Crippen LogP contribution in [0, 0.1) is 5.82 Å². The number of nitrogens with one attached hydrogen (secondary N) is 1. The second-order valence-electron chi connectivity index (χ2n) is 3.27. The van der Waals surface area contributed by atoms with Gasteiger partial charge in [-0.05, 0) is 36.7 Å². The van der Waals surface area contributed by atoms with Gasteiger partial charge in [-0.15, -0.1) is 0 Å². The number of benzene rings is 1. The molecule has 0 heterocycles. The van der Waals surface area contributed by atoms with Crippen LogP contribution >= 0.6 is 15.9 Å². The molecule has 0 aliphatic rings. The highest BCUT2D eigenvalue weighted by atomic mass is 79.9. The Hall–Kier alpha value is -0.410. The van der Waals surface area contributed by atoms with Crippen LogP contribution in [0.15, 0.2) is 22.7 Å². The summed E-state index contributed by atoms with van der Waals surface area (Å²) in [4.78, 5) is 0. The van der Waals surface area contributed by atoms with Crippen LogP contribution < -0.4 is 5.32 Å². The van der Waals surface area contributed by atoms with Crippen LogP contribution in [0.2, 0.25) is 0 Å². The minimum atomic E-state index is -0.180. The number of hydrogen-bond acceptors (Lipinski definition) is 1. The van der Waals surface area contributed by atoms with Gasteiger partial charge in [-0.2, -0.15) is 0 Å². The van der Waals surface area contributed by atoms with Crippen molar-refractivity contribution < 1.29 is 4.39 Å². The summed E-state index contributed by atoms with van der Waals surface area (Å²) in [6.07, 6.45) is 2.34. The Balaban J connectivity index is 2.45. The highest BCUT2D eigenvalue weighted by molar-refractivity contribution is 9.10. The number of unbranched alkanes of at least 4 members (excludes halogenated alkanes) is 1. The van der Waals surface area contributed by atoms with Crippen molar-refractivity contribution in [2.75, 3.05) is 6.54 Å². The molecule has 0 aliphatic heterocycles. The lowest BCUT2D eigenvalue weighted by atomic mass is 10.2. The first kappa shape index (κ1) is 11.7. The lowest BCUT2D eigenvalue weighted by Gasteiger charge is -2.06. The summed E-state index contributed by atoms with van der Waals surface area (Å²) in [6, 6.07) is 4.76. The van der Waals surface area contributed by atoms with Crippen LogP contribution in [0.3, 0.4) is 0 Å². The zero-order valence-electron chi connectivity index (χ0n) is 8.32. The molecule has 0 radical (unpaired) electrons. The molecule has 0 bridgehead atoms. The van der Waals surface area contributed by atoms with Crippen molar-refractivity contribution in [2.45, 2.75) is 26.3 Å². The van der Waals surface area contributed by atoms with E-state index in [9.17, 15) is 4.39 Å². The third kappa shape index (κ3) is 3.76. The quantitative estimate of drug-likeness (QED) is 0.799. The summed E-state index contributed by atoms with van der Waals surface area (Å²) in [7, 11) is 0. The Labute approximate surface area is 92.8 Å². The zero-order valence-corrected chi connectivity index (χ0v) is 9.90. The molecule has 0 fully saturated rings. The maximum atomic E-state index is 12.9. The number of halogens is 2. The molecule has 0 aliphatic carbocycles. The molecule has 1 N–H and O–H groups in total. The van der Waals surface area contributed by atoms with Crippen molar-refractivity contribution >= 4 is 15.9 Å². The third-order valence-electron chi connectivity index (χ3n) is 2.03. The molecule has 0 saturated carbocycles. The molecule has 0 saturated heterocycles. The SMILES string of the molecule is CCCCNCc1cc(F)ccc1Br. The summed E-state index contributed by atoms with van der Waals surface area (Å²) >= 11 is 3.39. The van der Waals surface area contributed by atoms with Crippen molar-refractivity contribution in [2.24, 2.45) is 0 Å². The van der Waals surface area contributed by atoms with Crippen molar-refractivity contribution in [1.29, 1.82) is 0 Å². The average molecular weight is 260 g/mol. The first-order valence-corrected chi connectivity index (χ1v) is 5.68. The molecule has 14 heavy (non-hydrogen) atoms. The third-order valence-corrected chi connectivity index (χ3v) is 2.80. The van der Waals surface area contributed by atoms with Crippen molar-refractivity contribution in [3.05, 3.63) is 34.1 Å². The van der Waals surface area contributed by atoms with E-state index in [-0.39, 0.29) is 5.82 Å². The maximum absolute atomic E-state index is 12.9. The van der Waals surface area contributed by atoms with Gasteiger partial charge in [0, 0.05) is 11.0 Å². The molecular formula is C11H15BrFN. The van der Waals surface area contributed by atoms with E-state index in [1.807, 2.05) is 0 Å². The Bertz CT molecular complexity index is 289. The highest BCUT2D eigenvalue weighted by Crippen LogP contribution is 2.17. The highest BCUT2D eigenvalue weighted by Gasteiger charge is 2.00. The fourth-order valence-corrected chi connectivity index (χ4v) is 1.59. The summed E-state index contributed by atoms with van der Waals surface area (Å²) < 4.78 is 13.8. The standard InChI is InChI=1S/C11H15BrFN/c1-2-3-6-14-8-9-7-10(13)4-5-11(9)12/h4-5,7,14H,2-3,6,8H2,1H3. The Morgan fingerprint density at radius 1 is 1.43 bits per heavy atom. The smallest absolute Gasteiger partial charge is 0.123 e. The number of rotatable bonds is 5. The minimum absolute atomic E-state index is 0.180. The van der Waals surface area contributed by atoms with Gasteiger partial charge in [-0.1, -0.05) is 29.3 Å². The lowest BCUT2D eigenvalue weighted by Crippen LogP contribution is -2.14. The van der Waals surface area contributed by atoms with Gasteiger partial charge in [0.05, 0.1) is 0 Å². The van der Waals surface area contributed by atoms with E-state index < -0.39 is 0 Å². The molecule has 1 rings (SSSR count). The molecule has 0 amide bonds. The molecule has 3 heteroatoms. The Morgan fingerprint density at radius 3 is 2.93 bits per heavy atom. The van der Waals surface area contributed by atoms with Gasteiger partial charge >= 0.3 is 0 Å². The zero-order chi connectivity index (χ0) is 10.4. The fraction of sp³-hybridized carbons (Fsp3) is 0.455. The van der Waals surface area contributed by atoms with Crippen LogP contribution in [-0.2, 0) is 6.54 Å². The first-order valence-electron chi connectivity index (χ1n) is 4.88. The molecule has 0 unspecified atom stereocenters. The average Bonchev–Trinajstić information content (AvgIpc) is 2.18. The largest absolute Gasteiger partial charge is 0.313 e. The molecule has 1 aromatic carbocycles. The molecule has 0 atom stereocenters. The molecule has 0 aromatic heterocycles. The monoisotopic (exact) mass is 259 g/mol. The Kier molecular flexibility index (Phi) is 5.12. The van der Waals surface area contributed by atoms with Crippen LogP contribution in [0.1, 0.15) is 25.3 Å². The van der Waals surface area contributed by atoms with Gasteiger partial charge in [-0.3, -0.25) is 0 Å². The van der Waals surface area contributed by atoms with E-state index in [1.165, 1.54) is 12.5 Å². The van der Waals surface area contributed by atoms with Crippen LogP contribution in [0.25, 0.3) is 0 Å². The van der Waals surface area contributed by atoms with E-state index in [4.69, 9.17) is 0 Å². The summed E-state index contributed by atoms with van der Waals surface area (Å²) in [5.41, 5.74) is 0.973. The number of hydrogen-bond donors (Lipinski definition) is 1. The predicted octanol–water partition coefficient (Wildman–Crippen LogP) is 3.48. The van der Waals surface area contributed by atoms with E-state index in [0.29, 0.717) is 0 Å². The van der Waals surface area contributed by atoms with Crippen molar-refractivity contribution in [1.82, 2.24) is 5.32 Å². The van der Waals surface area contributed by atoms with Crippen LogP contribution in [0.4, 0.5) is 4.39 Å². The van der Waals surface area contributed by atoms with Gasteiger partial charge in [-0.25, -0.2) is 4.39 Å². The van der Waals surface area contributed by atoms with Crippen LogP contribution in [0.5, 0.6) is 0 Å². The van der Waals surface area contributed by atoms with Gasteiger partial charge in [0.25, 0.3) is 0 Å². The van der Waals surface area contributed by atoms with E-state index in [2.05, 4.69) is 28.2 Å². The lowest BCUT2D eigenvalue weighted by molar-refractivity contribution is 0.613. The van der Waals surface area contributed by atoms with E-state index >= 15 is 0 Å². The predicted molar refractivity (Wildman–Crippen MR) is 60.7 cm³/mol. The van der Waals surface area contributed by atoms with Gasteiger partial charge in [0.2, 0.25) is 0 Å². The molecular weight excluding hydrogens is 245 g/mol.